The highest BCUT2D eigenvalue weighted by Crippen LogP contribution is 2.18. The summed E-state index contributed by atoms with van der Waals surface area (Å²) in [6.45, 7) is 11.0. The molecule has 0 aliphatic carbocycles. The molecular formula is C16H35NO4. The van der Waals surface area contributed by atoms with Gasteiger partial charge in [-0.1, -0.05) is 27.2 Å². The van der Waals surface area contributed by atoms with E-state index in [1.165, 1.54) is 0 Å². The summed E-state index contributed by atoms with van der Waals surface area (Å²) in [5.41, 5.74) is 0.170. The van der Waals surface area contributed by atoms with Crippen LogP contribution >= 0.6 is 0 Å². The second-order valence-corrected chi connectivity index (χ2v) is 6.23. The molecule has 1 unspecified atom stereocenters. The van der Waals surface area contributed by atoms with Crippen LogP contribution in [-0.2, 0) is 14.2 Å². The molecule has 0 aromatic rings. The molecule has 0 aliphatic heterocycles. The number of aliphatic hydroxyl groups is 1. The van der Waals surface area contributed by atoms with Crippen molar-refractivity contribution >= 4 is 0 Å². The smallest absolute Gasteiger partial charge is 0.0897 e. The van der Waals surface area contributed by atoms with Gasteiger partial charge in [-0.2, -0.15) is 0 Å². The Kier molecular flexibility index (Phi) is 13.3. The zero-order chi connectivity index (χ0) is 16.0. The van der Waals surface area contributed by atoms with Gasteiger partial charge in [-0.05, 0) is 18.3 Å². The summed E-state index contributed by atoms with van der Waals surface area (Å²) in [6, 6.07) is 0. The Morgan fingerprint density at radius 1 is 1.10 bits per heavy atom. The zero-order valence-electron chi connectivity index (χ0n) is 14.3. The van der Waals surface area contributed by atoms with Crippen molar-refractivity contribution in [1.82, 2.24) is 5.32 Å². The lowest BCUT2D eigenvalue weighted by Crippen LogP contribution is -2.37. The van der Waals surface area contributed by atoms with Crippen molar-refractivity contribution in [3.63, 3.8) is 0 Å². The van der Waals surface area contributed by atoms with Gasteiger partial charge in [0.25, 0.3) is 0 Å². The molecule has 0 spiro atoms. The molecule has 1 atom stereocenters. The van der Waals surface area contributed by atoms with Gasteiger partial charge >= 0.3 is 0 Å². The topological polar surface area (TPSA) is 60.0 Å². The van der Waals surface area contributed by atoms with Crippen molar-refractivity contribution in [2.24, 2.45) is 5.41 Å². The van der Waals surface area contributed by atoms with Crippen LogP contribution in [0.1, 0.15) is 40.0 Å². The van der Waals surface area contributed by atoms with Gasteiger partial charge in [-0.15, -0.1) is 0 Å². The van der Waals surface area contributed by atoms with Crippen molar-refractivity contribution in [1.29, 1.82) is 0 Å². The molecule has 0 bridgehead atoms. The Hall–Kier alpha value is -0.200. The second-order valence-electron chi connectivity index (χ2n) is 6.23. The number of hydrogen-bond donors (Lipinski definition) is 2. The van der Waals surface area contributed by atoms with E-state index in [9.17, 15) is 5.11 Å². The Balaban J connectivity index is 3.43. The number of aliphatic hydroxyl groups excluding tert-OH is 1. The molecule has 0 amide bonds. The molecule has 0 aromatic heterocycles. The first-order valence-corrected chi connectivity index (χ1v) is 8.05. The van der Waals surface area contributed by atoms with Gasteiger partial charge in [0.15, 0.2) is 0 Å². The number of methoxy groups -OCH3 is 1. The van der Waals surface area contributed by atoms with E-state index < -0.39 is 6.10 Å². The fourth-order valence-corrected chi connectivity index (χ4v) is 1.79. The summed E-state index contributed by atoms with van der Waals surface area (Å²) < 4.78 is 15.9. The molecule has 2 N–H and O–H groups in total. The maximum absolute atomic E-state index is 9.81. The van der Waals surface area contributed by atoms with Crippen LogP contribution in [0.2, 0.25) is 0 Å². The molecule has 21 heavy (non-hydrogen) atoms. The summed E-state index contributed by atoms with van der Waals surface area (Å²) in [6.07, 6.45) is 2.76. The minimum atomic E-state index is -0.473. The largest absolute Gasteiger partial charge is 0.389 e. The molecule has 0 saturated heterocycles. The average Bonchev–Trinajstić information content (AvgIpc) is 2.44. The SMILES string of the molecule is CCCCOCCOCC(O)CNCC(C)(C)CCOC. The van der Waals surface area contributed by atoms with Crippen LogP contribution in [0.15, 0.2) is 0 Å². The lowest BCUT2D eigenvalue weighted by Gasteiger charge is -2.25. The lowest BCUT2D eigenvalue weighted by atomic mass is 9.90. The van der Waals surface area contributed by atoms with Crippen molar-refractivity contribution in [2.75, 3.05) is 53.2 Å². The van der Waals surface area contributed by atoms with E-state index in [-0.39, 0.29) is 5.41 Å². The molecule has 0 saturated carbocycles. The third-order valence-electron chi connectivity index (χ3n) is 3.29. The third kappa shape index (κ3) is 14.5. The van der Waals surface area contributed by atoms with Crippen LogP contribution in [-0.4, -0.2) is 64.4 Å². The Morgan fingerprint density at radius 3 is 2.48 bits per heavy atom. The molecule has 0 heterocycles. The van der Waals surface area contributed by atoms with Crippen LogP contribution in [0.3, 0.4) is 0 Å². The van der Waals surface area contributed by atoms with Gasteiger partial charge in [-0.3, -0.25) is 0 Å². The fraction of sp³-hybridized carbons (Fsp3) is 1.00. The molecule has 0 aromatic carbocycles. The fourth-order valence-electron chi connectivity index (χ4n) is 1.79. The molecule has 0 aliphatic rings. The van der Waals surface area contributed by atoms with Crippen LogP contribution in [0, 0.1) is 5.41 Å². The van der Waals surface area contributed by atoms with Crippen LogP contribution in [0.25, 0.3) is 0 Å². The number of ether oxygens (including phenoxy) is 3. The number of unbranched alkanes of at least 4 members (excludes halogenated alkanes) is 1. The first-order chi connectivity index (χ1) is 10.0. The van der Waals surface area contributed by atoms with Gasteiger partial charge in [-0.25, -0.2) is 0 Å². The van der Waals surface area contributed by atoms with Crippen molar-refractivity contribution in [3.8, 4) is 0 Å². The first kappa shape index (κ1) is 20.8. The monoisotopic (exact) mass is 305 g/mol. The number of hydrogen-bond acceptors (Lipinski definition) is 5. The molecule has 0 radical (unpaired) electrons. The minimum absolute atomic E-state index is 0.170. The molecule has 5 heteroatoms. The van der Waals surface area contributed by atoms with Gasteiger partial charge in [0.2, 0.25) is 0 Å². The standard InChI is InChI=1S/C16H35NO4/c1-5-6-8-20-10-11-21-13-15(18)12-17-14-16(2,3)7-9-19-4/h15,17-18H,5-14H2,1-4H3. The molecule has 5 nitrogen and oxygen atoms in total. The first-order valence-electron chi connectivity index (χ1n) is 8.05. The second kappa shape index (κ2) is 13.5. The van der Waals surface area contributed by atoms with Gasteiger partial charge in [0.1, 0.15) is 0 Å². The van der Waals surface area contributed by atoms with E-state index >= 15 is 0 Å². The molecular weight excluding hydrogens is 270 g/mol. The summed E-state index contributed by atoms with van der Waals surface area (Å²) in [5.74, 6) is 0. The van der Waals surface area contributed by atoms with E-state index in [0.29, 0.717) is 26.4 Å². The number of rotatable bonds is 15. The summed E-state index contributed by atoms with van der Waals surface area (Å²) in [5, 5.41) is 13.1. The highest BCUT2D eigenvalue weighted by molar-refractivity contribution is 4.72. The van der Waals surface area contributed by atoms with Crippen molar-refractivity contribution in [3.05, 3.63) is 0 Å². The van der Waals surface area contributed by atoms with Gasteiger partial charge in [0.05, 0.1) is 25.9 Å². The summed E-state index contributed by atoms with van der Waals surface area (Å²) in [4.78, 5) is 0. The normalized spacial score (nSPS) is 13.6. The Morgan fingerprint density at radius 2 is 1.81 bits per heavy atom. The summed E-state index contributed by atoms with van der Waals surface area (Å²) in [7, 11) is 1.72. The van der Waals surface area contributed by atoms with E-state index in [0.717, 1.165) is 39.0 Å². The maximum Gasteiger partial charge on any atom is 0.0897 e. The van der Waals surface area contributed by atoms with Crippen LogP contribution in [0.4, 0.5) is 0 Å². The summed E-state index contributed by atoms with van der Waals surface area (Å²) >= 11 is 0. The predicted octanol–water partition coefficient (Wildman–Crippen LogP) is 1.83. The Bertz CT molecular complexity index is 224. The quantitative estimate of drug-likeness (QED) is 0.452. The van der Waals surface area contributed by atoms with E-state index in [1.807, 2.05) is 0 Å². The van der Waals surface area contributed by atoms with Crippen LogP contribution in [0.5, 0.6) is 0 Å². The predicted molar refractivity (Wildman–Crippen MR) is 85.7 cm³/mol. The van der Waals surface area contributed by atoms with Gasteiger partial charge in [0, 0.05) is 33.4 Å². The minimum Gasteiger partial charge on any atom is -0.389 e. The highest BCUT2D eigenvalue weighted by atomic mass is 16.5. The lowest BCUT2D eigenvalue weighted by molar-refractivity contribution is 0.00324. The molecule has 0 fully saturated rings. The Labute approximate surface area is 130 Å². The maximum atomic E-state index is 9.81. The van der Waals surface area contributed by atoms with E-state index in [1.54, 1.807) is 7.11 Å². The van der Waals surface area contributed by atoms with Crippen molar-refractivity contribution in [2.45, 2.75) is 46.1 Å². The van der Waals surface area contributed by atoms with Crippen molar-refractivity contribution < 1.29 is 19.3 Å². The van der Waals surface area contributed by atoms with E-state index in [2.05, 4.69) is 26.1 Å². The van der Waals surface area contributed by atoms with Gasteiger partial charge < -0.3 is 24.6 Å². The zero-order valence-corrected chi connectivity index (χ0v) is 14.3. The molecule has 0 rings (SSSR count). The number of nitrogens with one attached hydrogen (secondary N) is 1. The third-order valence-corrected chi connectivity index (χ3v) is 3.29. The van der Waals surface area contributed by atoms with Crippen LogP contribution < -0.4 is 5.32 Å². The average molecular weight is 305 g/mol. The molecule has 128 valence electrons. The highest BCUT2D eigenvalue weighted by Gasteiger charge is 2.17. The van der Waals surface area contributed by atoms with E-state index in [4.69, 9.17) is 14.2 Å².